The molecule has 0 N–H and O–H groups in total. The molecule has 5 nitrogen and oxygen atoms in total. The van der Waals surface area contributed by atoms with Crippen LogP contribution in [-0.2, 0) is 14.3 Å². The van der Waals surface area contributed by atoms with E-state index in [9.17, 15) is 4.79 Å². The van der Waals surface area contributed by atoms with Gasteiger partial charge in [0.05, 0.1) is 18.6 Å². The standard InChI is InChI=1S/C21H24O5S2/c1-14(2)21(22)25-9-7-23-6-8-24-19-12-20(27)26-18-4-3-15(11-17(18)19)16-5-10-28-13-16/h3-4,11-12,16H,1,5-10,13H2,2H3. The predicted octanol–water partition coefficient (Wildman–Crippen LogP) is 4.90. The first-order valence-corrected chi connectivity index (χ1v) is 10.8. The molecule has 1 saturated heterocycles. The zero-order chi connectivity index (χ0) is 19.9. The minimum absolute atomic E-state index is 0.192. The SMILES string of the molecule is C=C(C)C(=O)OCCOCCOc1cc(=S)oc2ccc(C3CCSC3)cc12. The maximum absolute atomic E-state index is 11.3. The maximum Gasteiger partial charge on any atom is 0.333 e. The predicted molar refractivity (Wildman–Crippen MR) is 114 cm³/mol. The summed E-state index contributed by atoms with van der Waals surface area (Å²) in [7, 11) is 0. The molecule has 0 radical (unpaired) electrons. The molecule has 0 aliphatic carbocycles. The highest BCUT2D eigenvalue weighted by Gasteiger charge is 2.18. The first kappa shape index (κ1) is 20.9. The number of esters is 1. The van der Waals surface area contributed by atoms with Crippen LogP contribution in [0.15, 0.2) is 40.8 Å². The van der Waals surface area contributed by atoms with Crippen LogP contribution in [0.2, 0.25) is 0 Å². The Morgan fingerprint density at radius 3 is 2.86 bits per heavy atom. The number of carbonyl (C=O) groups excluding carboxylic acids is 1. The smallest absolute Gasteiger partial charge is 0.333 e. The van der Waals surface area contributed by atoms with Gasteiger partial charge in [0, 0.05) is 17.4 Å². The minimum Gasteiger partial charge on any atom is -0.490 e. The second kappa shape index (κ2) is 10.1. The molecule has 2 heterocycles. The van der Waals surface area contributed by atoms with Crippen molar-refractivity contribution in [1.82, 2.24) is 0 Å². The Morgan fingerprint density at radius 1 is 1.29 bits per heavy atom. The molecular weight excluding hydrogens is 396 g/mol. The van der Waals surface area contributed by atoms with Gasteiger partial charge in [-0.25, -0.2) is 4.79 Å². The lowest BCUT2D eigenvalue weighted by Crippen LogP contribution is -2.14. The van der Waals surface area contributed by atoms with Crippen LogP contribution in [0.4, 0.5) is 0 Å². The molecular formula is C21H24O5S2. The van der Waals surface area contributed by atoms with E-state index in [1.807, 2.05) is 17.8 Å². The van der Waals surface area contributed by atoms with Crippen LogP contribution in [0.3, 0.4) is 0 Å². The molecule has 0 amide bonds. The van der Waals surface area contributed by atoms with Crippen molar-refractivity contribution in [3.8, 4) is 5.75 Å². The average Bonchev–Trinajstić information content (AvgIpc) is 3.21. The molecule has 1 fully saturated rings. The molecule has 1 unspecified atom stereocenters. The number of fused-ring (bicyclic) bond motifs is 1. The van der Waals surface area contributed by atoms with Crippen LogP contribution >= 0.6 is 24.0 Å². The van der Waals surface area contributed by atoms with Crippen LogP contribution in [0.5, 0.6) is 5.75 Å². The van der Waals surface area contributed by atoms with Crippen LogP contribution in [0, 0.1) is 4.71 Å². The Balaban J connectivity index is 1.56. The van der Waals surface area contributed by atoms with Gasteiger partial charge in [-0.1, -0.05) is 12.6 Å². The van der Waals surface area contributed by atoms with Crippen LogP contribution in [0.1, 0.15) is 24.8 Å². The Bertz CT molecular complexity index is 899. The second-order valence-corrected chi connectivity index (χ2v) is 8.18. The molecule has 1 aromatic carbocycles. The topological polar surface area (TPSA) is 57.9 Å². The third-order valence-electron chi connectivity index (χ3n) is 4.42. The normalized spacial score (nSPS) is 16.2. The fourth-order valence-corrected chi connectivity index (χ4v) is 4.41. The van der Waals surface area contributed by atoms with E-state index in [0.29, 0.717) is 41.8 Å². The maximum atomic E-state index is 11.3. The van der Waals surface area contributed by atoms with Gasteiger partial charge in [0.1, 0.15) is 24.5 Å². The summed E-state index contributed by atoms with van der Waals surface area (Å²) in [6.45, 7) is 6.38. The highest BCUT2D eigenvalue weighted by atomic mass is 32.2. The molecule has 1 aliphatic heterocycles. The van der Waals surface area contributed by atoms with E-state index in [2.05, 4.69) is 18.7 Å². The summed E-state index contributed by atoms with van der Waals surface area (Å²) < 4.78 is 22.4. The Kier molecular flexibility index (Phi) is 7.53. The van der Waals surface area contributed by atoms with Gasteiger partial charge in [-0.15, -0.1) is 0 Å². The molecule has 1 aromatic heterocycles. The Hall–Kier alpha value is -1.83. The average molecular weight is 421 g/mol. The van der Waals surface area contributed by atoms with Gasteiger partial charge < -0.3 is 18.6 Å². The van der Waals surface area contributed by atoms with E-state index in [0.717, 1.165) is 16.7 Å². The lowest BCUT2D eigenvalue weighted by Gasteiger charge is -2.13. The fraction of sp³-hybridized carbons (Fsp3) is 0.429. The molecule has 0 bridgehead atoms. The van der Waals surface area contributed by atoms with Crippen molar-refractivity contribution in [3.63, 3.8) is 0 Å². The van der Waals surface area contributed by atoms with Gasteiger partial charge in [-0.3, -0.25) is 0 Å². The van der Waals surface area contributed by atoms with Gasteiger partial charge >= 0.3 is 5.97 Å². The molecule has 1 atom stereocenters. The summed E-state index contributed by atoms with van der Waals surface area (Å²) in [6, 6.07) is 7.98. The van der Waals surface area contributed by atoms with Crippen LogP contribution < -0.4 is 4.74 Å². The first-order chi connectivity index (χ1) is 13.5. The van der Waals surface area contributed by atoms with Gasteiger partial charge in [0.25, 0.3) is 0 Å². The van der Waals surface area contributed by atoms with Crippen molar-refractivity contribution in [2.45, 2.75) is 19.3 Å². The number of hydrogen-bond acceptors (Lipinski definition) is 7. The van der Waals surface area contributed by atoms with Crippen molar-refractivity contribution < 1.29 is 23.4 Å². The fourth-order valence-electron chi connectivity index (χ4n) is 2.95. The molecule has 0 spiro atoms. The highest BCUT2D eigenvalue weighted by molar-refractivity contribution is 7.99. The van der Waals surface area contributed by atoms with Crippen molar-refractivity contribution in [2.75, 3.05) is 37.9 Å². The summed E-state index contributed by atoms with van der Waals surface area (Å²) in [4.78, 5) is 11.3. The lowest BCUT2D eigenvalue weighted by atomic mass is 9.97. The summed E-state index contributed by atoms with van der Waals surface area (Å²) >= 11 is 7.20. The number of thioether (sulfide) groups is 1. The highest BCUT2D eigenvalue weighted by Crippen LogP contribution is 2.35. The molecule has 7 heteroatoms. The number of carbonyl (C=O) groups is 1. The van der Waals surface area contributed by atoms with Gasteiger partial charge in [0.2, 0.25) is 0 Å². The summed E-state index contributed by atoms with van der Waals surface area (Å²) in [6.07, 6.45) is 1.20. The van der Waals surface area contributed by atoms with Crippen molar-refractivity contribution in [3.05, 3.63) is 46.7 Å². The third-order valence-corrected chi connectivity index (χ3v) is 5.79. The van der Waals surface area contributed by atoms with Gasteiger partial charge in [-0.2, -0.15) is 11.8 Å². The summed E-state index contributed by atoms with van der Waals surface area (Å²) in [5.41, 5.74) is 2.41. The van der Waals surface area contributed by atoms with E-state index in [4.69, 9.17) is 30.8 Å². The Morgan fingerprint density at radius 2 is 2.11 bits per heavy atom. The van der Waals surface area contributed by atoms with Crippen molar-refractivity contribution in [2.24, 2.45) is 0 Å². The first-order valence-electron chi connectivity index (χ1n) is 9.23. The zero-order valence-electron chi connectivity index (χ0n) is 15.9. The summed E-state index contributed by atoms with van der Waals surface area (Å²) in [5.74, 6) is 3.24. The van der Waals surface area contributed by atoms with Crippen LogP contribution in [0.25, 0.3) is 11.0 Å². The minimum atomic E-state index is -0.409. The van der Waals surface area contributed by atoms with Gasteiger partial charge in [-0.05, 0) is 54.9 Å². The quantitative estimate of drug-likeness (QED) is 0.248. The summed E-state index contributed by atoms with van der Waals surface area (Å²) in [5, 5.41) is 0.929. The Labute approximate surface area is 174 Å². The van der Waals surface area contributed by atoms with E-state index >= 15 is 0 Å². The number of benzene rings is 1. The molecule has 3 rings (SSSR count). The second-order valence-electron chi connectivity index (χ2n) is 6.62. The zero-order valence-corrected chi connectivity index (χ0v) is 17.5. The third kappa shape index (κ3) is 5.59. The monoisotopic (exact) mass is 420 g/mol. The molecule has 150 valence electrons. The van der Waals surface area contributed by atoms with Crippen molar-refractivity contribution in [1.29, 1.82) is 0 Å². The number of hydrogen-bond donors (Lipinski definition) is 0. The van der Waals surface area contributed by atoms with E-state index in [1.165, 1.54) is 17.7 Å². The molecule has 28 heavy (non-hydrogen) atoms. The van der Waals surface area contributed by atoms with E-state index in [1.54, 1.807) is 13.0 Å². The van der Waals surface area contributed by atoms with E-state index < -0.39 is 5.97 Å². The largest absolute Gasteiger partial charge is 0.490 e. The van der Waals surface area contributed by atoms with Crippen LogP contribution in [-0.4, -0.2) is 43.9 Å². The van der Waals surface area contributed by atoms with Gasteiger partial charge in [0.15, 0.2) is 4.71 Å². The van der Waals surface area contributed by atoms with E-state index in [-0.39, 0.29) is 6.61 Å². The molecule has 1 aliphatic rings. The van der Waals surface area contributed by atoms with Crippen molar-refractivity contribution >= 4 is 40.9 Å². The number of ether oxygens (including phenoxy) is 3. The molecule has 2 aromatic rings. The molecule has 0 saturated carbocycles. The lowest BCUT2D eigenvalue weighted by molar-refractivity contribution is -0.140. The number of rotatable bonds is 9.